The molecule has 0 aliphatic rings. The van der Waals surface area contributed by atoms with Gasteiger partial charge in [0.05, 0.1) is 13.5 Å². The topological polar surface area (TPSA) is 26.3 Å². The molecule has 0 spiro atoms. The van der Waals surface area contributed by atoms with Gasteiger partial charge in [-0.15, -0.1) is 0 Å². The lowest BCUT2D eigenvalue weighted by Gasteiger charge is -2.10. The fraction of sp³-hybridized carbons (Fsp3) is 0.417. The van der Waals surface area contributed by atoms with E-state index in [9.17, 15) is 4.79 Å². The number of methoxy groups -OCH3 is 1. The predicted octanol–water partition coefficient (Wildman–Crippen LogP) is 3.52. The summed E-state index contributed by atoms with van der Waals surface area (Å²) in [4.78, 5) is 11.0. The zero-order valence-electron chi connectivity index (χ0n) is 9.40. The van der Waals surface area contributed by atoms with E-state index in [-0.39, 0.29) is 11.2 Å². The van der Waals surface area contributed by atoms with Crippen LogP contribution in [-0.4, -0.2) is 18.3 Å². The van der Waals surface area contributed by atoms with Crippen LogP contribution in [0.5, 0.6) is 0 Å². The Bertz CT molecular complexity index is 355. The second kappa shape index (κ2) is 6.81. The number of hydrogen-bond acceptors (Lipinski definition) is 3. The molecule has 1 atom stereocenters. The summed E-state index contributed by atoms with van der Waals surface area (Å²) in [5.41, 5.74) is 1.10. The number of rotatable bonds is 5. The summed E-state index contributed by atoms with van der Waals surface area (Å²) >= 11 is 7.74. The number of carbonyl (C=O) groups excluding carboxylic acids is 1. The maximum atomic E-state index is 11.0. The highest BCUT2D eigenvalue weighted by atomic mass is 35.5. The van der Waals surface area contributed by atoms with Crippen LogP contribution in [0, 0.1) is 0 Å². The van der Waals surface area contributed by atoms with Gasteiger partial charge in [-0.3, -0.25) is 4.79 Å². The standard InChI is InChI=1S/C12H15ClO2S/c1-9(7-12(14)15-2)16-8-10-5-3-4-6-11(10)13/h3-6,9H,7-8H2,1-2H3. The minimum absolute atomic E-state index is 0.167. The van der Waals surface area contributed by atoms with Gasteiger partial charge in [0.2, 0.25) is 0 Å². The van der Waals surface area contributed by atoms with E-state index in [1.54, 1.807) is 11.8 Å². The highest BCUT2D eigenvalue weighted by molar-refractivity contribution is 7.99. The van der Waals surface area contributed by atoms with E-state index in [1.165, 1.54) is 7.11 Å². The van der Waals surface area contributed by atoms with Gasteiger partial charge >= 0.3 is 5.97 Å². The van der Waals surface area contributed by atoms with E-state index in [2.05, 4.69) is 4.74 Å². The first-order chi connectivity index (χ1) is 7.63. The van der Waals surface area contributed by atoms with Gasteiger partial charge in [0, 0.05) is 16.0 Å². The number of benzene rings is 1. The van der Waals surface area contributed by atoms with Crippen LogP contribution in [0.15, 0.2) is 24.3 Å². The summed E-state index contributed by atoms with van der Waals surface area (Å²) in [7, 11) is 1.41. The number of halogens is 1. The Morgan fingerprint density at radius 2 is 2.19 bits per heavy atom. The molecule has 0 aliphatic heterocycles. The molecule has 1 unspecified atom stereocenters. The summed E-state index contributed by atoms with van der Waals surface area (Å²) in [6.45, 7) is 2.01. The van der Waals surface area contributed by atoms with Crippen LogP contribution in [-0.2, 0) is 15.3 Å². The lowest BCUT2D eigenvalue weighted by atomic mass is 10.2. The Kier molecular flexibility index (Phi) is 5.71. The molecule has 0 radical (unpaired) electrons. The van der Waals surface area contributed by atoms with Crippen molar-refractivity contribution >= 4 is 29.3 Å². The summed E-state index contributed by atoms with van der Waals surface area (Å²) in [6, 6.07) is 7.75. The second-order valence-corrected chi connectivity index (χ2v) is 5.33. The molecule has 0 saturated carbocycles. The van der Waals surface area contributed by atoms with Crippen molar-refractivity contribution in [1.82, 2.24) is 0 Å². The zero-order chi connectivity index (χ0) is 12.0. The van der Waals surface area contributed by atoms with Gasteiger partial charge < -0.3 is 4.74 Å². The average molecular weight is 259 g/mol. The van der Waals surface area contributed by atoms with Crippen LogP contribution in [0.1, 0.15) is 18.9 Å². The van der Waals surface area contributed by atoms with E-state index in [4.69, 9.17) is 11.6 Å². The Balaban J connectivity index is 2.40. The fourth-order valence-corrected chi connectivity index (χ4v) is 2.48. The molecule has 1 aromatic carbocycles. The lowest BCUT2D eigenvalue weighted by molar-refractivity contribution is -0.140. The molecule has 0 aliphatic carbocycles. The molecule has 0 fully saturated rings. The smallest absolute Gasteiger partial charge is 0.306 e. The number of carbonyl (C=O) groups is 1. The predicted molar refractivity (Wildman–Crippen MR) is 68.8 cm³/mol. The number of thioether (sulfide) groups is 1. The molecule has 0 bridgehead atoms. The highest BCUT2D eigenvalue weighted by Gasteiger charge is 2.10. The maximum absolute atomic E-state index is 11.0. The van der Waals surface area contributed by atoms with Crippen molar-refractivity contribution in [2.75, 3.05) is 7.11 Å². The minimum Gasteiger partial charge on any atom is -0.469 e. The van der Waals surface area contributed by atoms with Crippen LogP contribution in [0.2, 0.25) is 5.02 Å². The van der Waals surface area contributed by atoms with Crippen molar-refractivity contribution in [3.05, 3.63) is 34.9 Å². The fourth-order valence-electron chi connectivity index (χ4n) is 1.22. The molecule has 1 aromatic rings. The molecule has 1 rings (SSSR count). The third-order valence-corrected chi connectivity index (χ3v) is 3.75. The quantitative estimate of drug-likeness (QED) is 0.756. The number of esters is 1. The molecule has 0 N–H and O–H groups in total. The van der Waals surface area contributed by atoms with E-state index in [0.717, 1.165) is 16.3 Å². The third kappa shape index (κ3) is 4.45. The SMILES string of the molecule is COC(=O)CC(C)SCc1ccccc1Cl. The van der Waals surface area contributed by atoms with Gasteiger partial charge in [-0.2, -0.15) is 11.8 Å². The van der Waals surface area contributed by atoms with E-state index < -0.39 is 0 Å². The van der Waals surface area contributed by atoms with Gasteiger partial charge in [-0.05, 0) is 11.6 Å². The van der Waals surface area contributed by atoms with Crippen molar-refractivity contribution in [3.63, 3.8) is 0 Å². The molecular weight excluding hydrogens is 244 g/mol. The molecule has 0 aromatic heterocycles. The Morgan fingerprint density at radius 1 is 1.50 bits per heavy atom. The summed E-state index contributed by atoms with van der Waals surface area (Å²) < 4.78 is 4.62. The van der Waals surface area contributed by atoms with Gasteiger partial charge in [0.1, 0.15) is 0 Å². The van der Waals surface area contributed by atoms with Gasteiger partial charge in [-0.25, -0.2) is 0 Å². The molecule has 2 nitrogen and oxygen atoms in total. The van der Waals surface area contributed by atoms with Crippen LogP contribution in [0.25, 0.3) is 0 Å². The van der Waals surface area contributed by atoms with Gasteiger partial charge in [0.25, 0.3) is 0 Å². The number of ether oxygens (including phenoxy) is 1. The van der Waals surface area contributed by atoms with Crippen molar-refractivity contribution in [3.8, 4) is 0 Å². The van der Waals surface area contributed by atoms with Crippen LogP contribution >= 0.6 is 23.4 Å². The van der Waals surface area contributed by atoms with Crippen molar-refractivity contribution < 1.29 is 9.53 Å². The largest absolute Gasteiger partial charge is 0.469 e. The average Bonchev–Trinajstić information content (AvgIpc) is 2.28. The monoisotopic (exact) mass is 258 g/mol. The van der Waals surface area contributed by atoms with Crippen LogP contribution < -0.4 is 0 Å². The van der Waals surface area contributed by atoms with Crippen LogP contribution in [0.4, 0.5) is 0 Å². The van der Waals surface area contributed by atoms with Gasteiger partial charge in [-0.1, -0.05) is 36.7 Å². The van der Waals surface area contributed by atoms with Gasteiger partial charge in [0.15, 0.2) is 0 Å². The Labute approximate surface area is 105 Å². The Hall–Kier alpha value is -0.670. The van der Waals surface area contributed by atoms with Crippen molar-refractivity contribution in [1.29, 1.82) is 0 Å². The van der Waals surface area contributed by atoms with E-state index >= 15 is 0 Å². The highest BCUT2D eigenvalue weighted by Crippen LogP contribution is 2.24. The Morgan fingerprint density at radius 3 is 2.81 bits per heavy atom. The number of hydrogen-bond donors (Lipinski definition) is 0. The molecule has 88 valence electrons. The summed E-state index contributed by atoms with van der Waals surface area (Å²) in [5, 5.41) is 1.02. The summed E-state index contributed by atoms with van der Waals surface area (Å²) in [6.07, 6.45) is 0.436. The molecule has 0 saturated heterocycles. The second-order valence-electron chi connectivity index (χ2n) is 3.49. The minimum atomic E-state index is -0.167. The molecule has 4 heteroatoms. The zero-order valence-corrected chi connectivity index (χ0v) is 11.0. The third-order valence-electron chi connectivity index (χ3n) is 2.16. The summed E-state index contributed by atoms with van der Waals surface area (Å²) in [5.74, 6) is 0.650. The first-order valence-corrected chi connectivity index (χ1v) is 6.48. The molecule has 0 amide bonds. The van der Waals surface area contributed by atoms with E-state index in [0.29, 0.717) is 6.42 Å². The maximum Gasteiger partial charge on any atom is 0.306 e. The molecule has 0 heterocycles. The molecular formula is C12H15ClO2S. The first-order valence-electron chi connectivity index (χ1n) is 5.05. The molecule has 16 heavy (non-hydrogen) atoms. The normalized spacial score (nSPS) is 12.2. The first kappa shape index (κ1) is 13.4. The van der Waals surface area contributed by atoms with E-state index in [1.807, 2.05) is 31.2 Å². The van der Waals surface area contributed by atoms with Crippen molar-refractivity contribution in [2.24, 2.45) is 0 Å². The lowest BCUT2D eigenvalue weighted by Crippen LogP contribution is -2.08. The van der Waals surface area contributed by atoms with Crippen LogP contribution in [0.3, 0.4) is 0 Å². The van der Waals surface area contributed by atoms with Crippen molar-refractivity contribution in [2.45, 2.75) is 24.3 Å².